The molecule has 2 aliphatic rings. The molecule has 2 N–H and O–H groups in total. The van der Waals surface area contributed by atoms with Gasteiger partial charge < -0.3 is 4.90 Å². The number of amides is 3. The van der Waals surface area contributed by atoms with E-state index in [2.05, 4.69) is 16.0 Å². The number of nitrogens with one attached hydrogen (secondary N) is 2. The summed E-state index contributed by atoms with van der Waals surface area (Å²) in [7, 11) is -3.84. The molecule has 2 heterocycles. The van der Waals surface area contributed by atoms with Crippen molar-refractivity contribution in [3.05, 3.63) is 29.3 Å². The molecule has 1 atom stereocenters. The van der Waals surface area contributed by atoms with Gasteiger partial charge in [0, 0.05) is 37.1 Å². The van der Waals surface area contributed by atoms with Gasteiger partial charge >= 0.3 is 0 Å². The highest BCUT2D eigenvalue weighted by molar-refractivity contribution is 7.89. The first-order valence-electron chi connectivity index (χ1n) is 8.05. The molecule has 1 aromatic carbocycles. The average Bonchev–Trinajstić information content (AvgIpc) is 2.92. The van der Waals surface area contributed by atoms with E-state index in [1.807, 2.05) is 0 Å². The van der Waals surface area contributed by atoms with E-state index in [1.54, 1.807) is 0 Å². The first kappa shape index (κ1) is 18.1. The molecule has 26 heavy (non-hydrogen) atoms. The number of fused-ring (bicyclic) bond motifs is 1. The Morgan fingerprint density at radius 1 is 1.31 bits per heavy atom. The standard InChI is InChI=1S/C17H17N3O5S/c1-2-3-9-18-26(24,25)14-6-4-5-11-12(14)10-20(17(11)23)13-7-8-15(21)19-16(13)22/h1,4-6,13,18H,3,7-10H2,(H,19,21,22). The predicted octanol–water partition coefficient (Wildman–Crippen LogP) is -0.251. The summed E-state index contributed by atoms with van der Waals surface area (Å²) in [5.41, 5.74) is 0.588. The highest BCUT2D eigenvalue weighted by Gasteiger charge is 2.40. The van der Waals surface area contributed by atoms with Crippen molar-refractivity contribution < 1.29 is 22.8 Å². The average molecular weight is 375 g/mol. The number of hydrogen-bond donors (Lipinski definition) is 2. The number of nitrogens with zero attached hydrogens (tertiary/aromatic N) is 1. The minimum Gasteiger partial charge on any atom is -0.322 e. The minimum atomic E-state index is -3.84. The van der Waals surface area contributed by atoms with E-state index in [1.165, 1.54) is 23.1 Å². The van der Waals surface area contributed by atoms with E-state index in [9.17, 15) is 22.8 Å². The lowest BCUT2D eigenvalue weighted by Crippen LogP contribution is -2.52. The molecule has 0 aromatic heterocycles. The molecule has 1 saturated heterocycles. The van der Waals surface area contributed by atoms with Crippen LogP contribution in [0.25, 0.3) is 0 Å². The molecule has 0 aliphatic carbocycles. The van der Waals surface area contributed by atoms with Crippen LogP contribution >= 0.6 is 0 Å². The van der Waals surface area contributed by atoms with Crippen molar-refractivity contribution in [1.29, 1.82) is 0 Å². The van der Waals surface area contributed by atoms with Gasteiger partial charge in [0.25, 0.3) is 5.91 Å². The maximum atomic E-state index is 12.7. The lowest BCUT2D eigenvalue weighted by atomic mass is 10.0. The largest absolute Gasteiger partial charge is 0.322 e. The van der Waals surface area contributed by atoms with Gasteiger partial charge in [-0.05, 0) is 18.6 Å². The number of imide groups is 1. The zero-order chi connectivity index (χ0) is 18.9. The third kappa shape index (κ3) is 3.21. The molecule has 0 bridgehead atoms. The van der Waals surface area contributed by atoms with Crippen LogP contribution in [0.3, 0.4) is 0 Å². The van der Waals surface area contributed by atoms with Crippen molar-refractivity contribution in [3.8, 4) is 12.3 Å². The van der Waals surface area contributed by atoms with Crippen molar-refractivity contribution >= 4 is 27.7 Å². The van der Waals surface area contributed by atoms with Crippen LogP contribution in [0.4, 0.5) is 0 Å². The molecule has 0 spiro atoms. The third-order valence-corrected chi connectivity index (χ3v) is 5.94. The van der Waals surface area contributed by atoms with E-state index in [0.717, 1.165) is 0 Å². The van der Waals surface area contributed by atoms with Crippen molar-refractivity contribution in [3.63, 3.8) is 0 Å². The van der Waals surface area contributed by atoms with Crippen LogP contribution in [0, 0.1) is 12.3 Å². The topological polar surface area (TPSA) is 113 Å². The SMILES string of the molecule is C#CCCNS(=O)(=O)c1cccc2c1CN(C1CCC(=O)NC1=O)C2=O. The van der Waals surface area contributed by atoms with E-state index in [-0.39, 0.29) is 48.7 Å². The van der Waals surface area contributed by atoms with Gasteiger partial charge in [-0.2, -0.15) is 0 Å². The van der Waals surface area contributed by atoms with E-state index >= 15 is 0 Å². The van der Waals surface area contributed by atoms with Gasteiger partial charge in [-0.15, -0.1) is 12.3 Å². The number of terminal acetylenes is 1. The van der Waals surface area contributed by atoms with Crippen LogP contribution in [-0.4, -0.2) is 43.6 Å². The van der Waals surface area contributed by atoms with Crippen molar-refractivity contribution in [2.24, 2.45) is 0 Å². The molecule has 1 unspecified atom stereocenters. The molecular weight excluding hydrogens is 358 g/mol. The molecule has 2 aliphatic heterocycles. The number of carbonyl (C=O) groups excluding carboxylic acids is 3. The Hall–Kier alpha value is -2.70. The molecule has 8 nitrogen and oxygen atoms in total. The minimum absolute atomic E-state index is 0.00448. The molecule has 1 aromatic rings. The Bertz CT molecular complexity index is 932. The van der Waals surface area contributed by atoms with Gasteiger partial charge in [-0.3, -0.25) is 19.7 Å². The smallest absolute Gasteiger partial charge is 0.255 e. The lowest BCUT2D eigenvalue weighted by molar-refractivity contribution is -0.136. The number of benzene rings is 1. The number of hydrogen-bond acceptors (Lipinski definition) is 5. The van der Waals surface area contributed by atoms with Gasteiger partial charge in [0.1, 0.15) is 6.04 Å². The quantitative estimate of drug-likeness (QED) is 0.419. The Balaban J connectivity index is 1.90. The molecule has 1 fully saturated rings. The fraction of sp³-hybridized carbons (Fsp3) is 0.353. The summed E-state index contributed by atoms with van der Waals surface area (Å²) >= 11 is 0. The summed E-state index contributed by atoms with van der Waals surface area (Å²) in [6.45, 7) is 0.0833. The van der Waals surface area contributed by atoms with Gasteiger partial charge in [0.05, 0.1) is 4.90 Å². The molecule has 9 heteroatoms. The molecule has 3 rings (SSSR count). The van der Waals surface area contributed by atoms with Crippen LogP contribution in [-0.2, 0) is 26.2 Å². The summed E-state index contributed by atoms with van der Waals surface area (Å²) in [5.74, 6) is 1.01. The van der Waals surface area contributed by atoms with Gasteiger partial charge in [-0.25, -0.2) is 13.1 Å². The van der Waals surface area contributed by atoms with Gasteiger partial charge in [-0.1, -0.05) is 6.07 Å². The number of piperidine rings is 1. The monoisotopic (exact) mass is 375 g/mol. The Morgan fingerprint density at radius 2 is 2.08 bits per heavy atom. The summed E-state index contributed by atoms with van der Waals surface area (Å²) in [6.07, 6.45) is 5.73. The van der Waals surface area contributed by atoms with Gasteiger partial charge in [0.2, 0.25) is 21.8 Å². The summed E-state index contributed by atoms with van der Waals surface area (Å²) in [4.78, 5) is 37.4. The van der Waals surface area contributed by atoms with E-state index in [4.69, 9.17) is 6.42 Å². The first-order chi connectivity index (χ1) is 12.3. The highest BCUT2D eigenvalue weighted by Crippen LogP contribution is 2.31. The van der Waals surface area contributed by atoms with Crippen LogP contribution in [0.1, 0.15) is 35.2 Å². The Morgan fingerprint density at radius 3 is 2.77 bits per heavy atom. The lowest BCUT2D eigenvalue weighted by Gasteiger charge is -2.29. The zero-order valence-electron chi connectivity index (χ0n) is 13.8. The Kier molecular flexibility index (Phi) is 4.80. The first-order valence-corrected chi connectivity index (χ1v) is 9.53. The molecule has 0 radical (unpaired) electrons. The Labute approximate surface area is 151 Å². The normalized spacial score (nSPS) is 19.9. The second-order valence-electron chi connectivity index (χ2n) is 6.03. The van der Waals surface area contributed by atoms with E-state index < -0.39 is 27.9 Å². The molecule has 136 valence electrons. The second-order valence-corrected chi connectivity index (χ2v) is 7.77. The van der Waals surface area contributed by atoms with Crippen LogP contribution in [0.5, 0.6) is 0 Å². The van der Waals surface area contributed by atoms with Crippen molar-refractivity contribution in [1.82, 2.24) is 14.9 Å². The van der Waals surface area contributed by atoms with Crippen molar-refractivity contribution in [2.75, 3.05) is 6.54 Å². The predicted molar refractivity (Wildman–Crippen MR) is 91.1 cm³/mol. The fourth-order valence-corrected chi connectivity index (χ4v) is 4.43. The van der Waals surface area contributed by atoms with Gasteiger partial charge in [0.15, 0.2) is 0 Å². The molecule has 3 amide bonds. The summed E-state index contributed by atoms with van der Waals surface area (Å²) < 4.78 is 27.5. The number of sulfonamides is 1. The maximum absolute atomic E-state index is 12.7. The number of rotatable bonds is 5. The van der Waals surface area contributed by atoms with E-state index in [0.29, 0.717) is 5.56 Å². The van der Waals surface area contributed by atoms with Crippen LogP contribution < -0.4 is 10.0 Å². The molecular formula is C17H17N3O5S. The summed E-state index contributed by atoms with van der Waals surface area (Å²) in [6, 6.07) is 3.64. The van der Waals surface area contributed by atoms with Crippen molar-refractivity contribution in [2.45, 2.75) is 36.7 Å². The number of carbonyl (C=O) groups is 3. The maximum Gasteiger partial charge on any atom is 0.255 e. The van der Waals surface area contributed by atoms with Crippen LogP contribution in [0.15, 0.2) is 23.1 Å². The fourth-order valence-electron chi connectivity index (χ4n) is 3.14. The van der Waals surface area contributed by atoms with Crippen LogP contribution in [0.2, 0.25) is 0 Å². The third-order valence-electron chi connectivity index (χ3n) is 4.39. The zero-order valence-corrected chi connectivity index (χ0v) is 14.6. The highest BCUT2D eigenvalue weighted by atomic mass is 32.2. The molecule has 0 saturated carbocycles. The second kappa shape index (κ2) is 6.90. The summed E-state index contributed by atoms with van der Waals surface area (Å²) in [5, 5.41) is 2.21.